The molecule has 0 unspecified atom stereocenters. The van der Waals surface area contributed by atoms with Crippen LogP contribution in [-0.4, -0.2) is 70.8 Å². The maximum Gasteiger partial charge on any atom is 0.254 e. The fraction of sp³-hybridized carbons (Fsp3) is 0.387. The van der Waals surface area contributed by atoms with Crippen LogP contribution in [0.15, 0.2) is 54.9 Å². The van der Waals surface area contributed by atoms with Gasteiger partial charge in [0.25, 0.3) is 5.78 Å². The topological polar surface area (TPSA) is 123 Å². The summed E-state index contributed by atoms with van der Waals surface area (Å²) in [5.74, 6) is 2.18. The van der Waals surface area contributed by atoms with Gasteiger partial charge in [0.2, 0.25) is 11.8 Å². The molecule has 1 aliphatic heterocycles. The van der Waals surface area contributed by atoms with Crippen molar-refractivity contribution in [2.45, 2.75) is 51.6 Å². The highest BCUT2D eigenvalue weighted by Gasteiger charge is 2.29. The summed E-state index contributed by atoms with van der Waals surface area (Å²) in [6, 6.07) is 15.0. The van der Waals surface area contributed by atoms with Crippen molar-refractivity contribution in [3.05, 3.63) is 77.2 Å². The summed E-state index contributed by atoms with van der Waals surface area (Å²) in [4.78, 5) is 36.8. The number of nitrogens with one attached hydrogen (secondary N) is 2. The summed E-state index contributed by atoms with van der Waals surface area (Å²) in [5, 5.41) is 10.5. The van der Waals surface area contributed by atoms with E-state index in [1.165, 1.54) is 18.8 Å². The van der Waals surface area contributed by atoms with Crippen molar-refractivity contribution in [3.8, 4) is 11.5 Å². The number of methoxy groups -OCH3 is 2. The van der Waals surface area contributed by atoms with Gasteiger partial charge in [-0.25, -0.2) is 4.98 Å². The highest BCUT2D eigenvalue weighted by molar-refractivity contribution is 5.87. The molecule has 1 aliphatic rings. The molecular formula is C31H37N7O4. The quantitative estimate of drug-likeness (QED) is 0.298. The highest BCUT2D eigenvalue weighted by atomic mass is 16.5. The van der Waals surface area contributed by atoms with Gasteiger partial charge in [-0.15, -0.1) is 0 Å². The minimum Gasteiger partial charge on any atom is -0.493 e. The van der Waals surface area contributed by atoms with Crippen LogP contribution in [0.4, 0.5) is 5.82 Å². The zero-order valence-electron chi connectivity index (χ0n) is 24.5. The van der Waals surface area contributed by atoms with Crippen LogP contribution in [0.2, 0.25) is 0 Å². The monoisotopic (exact) mass is 571 g/mol. The fourth-order valence-electron chi connectivity index (χ4n) is 5.63. The van der Waals surface area contributed by atoms with Gasteiger partial charge >= 0.3 is 0 Å². The molecule has 4 aromatic rings. The highest BCUT2D eigenvalue weighted by Crippen LogP contribution is 2.32. The average molecular weight is 572 g/mol. The minimum atomic E-state index is -0.753. The van der Waals surface area contributed by atoms with Gasteiger partial charge in [0.05, 0.1) is 14.2 Å². The van der Waals surface area contributed by atoms with Crippen molar-refractivity contribution in [3.63, 3.8) is 0 Å². The summed E-state index contributed by atoms with van der Waals surface area (Å²) in [6.07, 6.45) is 4.01. The Morgan fingerprint density at radius 3 is 2.50 bits per heavy atom. The molecule has 2 aromatic carbocycles. The van der Waals surface area contributed by atoms with Gasteiger partial charge < -0.3 is 25.0 Å². The summed E-state index contributed by atoms with van der Waals surface area (Å²) in [7, 11) is 3.13. The van der Waals surface area contributed by atoms with E-state index >= 15 is 0 Å². The normalized spacial score (nSPS) is 14.4. The van der Waals surface area contributed by atoms with Gasteiger partial charge in [-0.1, -0.05) is 42.5 Å². The molecule has 1 saturated heterocycles. The lowest BCUT2D eigenvalue weighted by Crippen LogP contribution is -2.52. The first-order valence-electron chi connectivity index (χ1n) is 14.1. The largest absolute Gasteiger partial charge is 0.493 e. The van der Waals surface area contributed by atoms with E-state index in [0.29, 0.717) is 17.3 Å². The number of para-hydroxylation sites is 1. The molecule has 0 bridgehead atoms. The number of hydrogen-bond acceptors (Lipinski definition) is 8. The van der Waals surface area contributed by atoms with Crippen LogP contribution in [0.1, 0.15) is 42.1 Å². The number of carbonyl (C=O) groups excluding carboxylic acids is 2. The van der Waals surface area contributed by atoms with Gasteiger partial charge in [-0.2, -0.15) is 14.6 Å². The zero-order valence-corrected chi connectivity index (χ0v) is 24.5. The SMILES string of the molecule is COc1cccc(C[C@H](NC(C)=O)C(=O)NC2CCN(c3c(Cc4ccccc4)c(C)nc4ncnn34)CC2)c1OC. The number of piperidine rings is 1. The van der Waals surface area contributed by atoms with E-state index in [2.05, 4.69) is 37.7 Å². The van der Waals surface area contributed by atoms with Crippen LogP contribution in [0.3, 0.4) is 0 Å². The van der Waals surface area contributed by atoms with Gasteiger partial charge in [-0.05, 0) is 31.4 Å². The Hall–Kier alpha value is -4.67. The number of fused-ring (bicyclic) bond motifs is 1. The smallest absolute Gasteiger partial charge is 0.254 e. The van der Waals surface area contributed by atoms with Crippen LogP contribution in [0, 0.1) is 6.92 Å². The lowest BCUT2D eigenvalue weighted by molar-refractivity contribution is -0.128. The molecule has 2 amide bonds. The molecular weight excluding hydrogens is 534 g/mol. The van der Waals surface area contributed by atoms with Crippen LogP contribution in [0.25, 0.3) is 5.78 Å². The molecule has 2 N–H and O–H groups in total. The Morgan fingerprint density at radius 1 is 1.05 bits per heavy atom. The molecule has 1 fully saturated rings. The summed E-state index contributed by atoms with van der Waals surface area (Å²) < 4.78 is 12.8. The minimum absolute atomic E-state index is 0.0380. The second kappa shape index (κ2) is 12.9. The lowest BCUT2D eigenvalue weighted by atomic mass is 9.99. The van der Waals surface area contributed by atoms with Crippen molar-refractivity contribution < 1.29 is 19.1 Å². The van der Waals surface area contributed by atoms with Gasteiger partial charge in [0, 0.05) is 55.7 Å². The molecule has 0 saturated carbocycles. The number of nitrogens with zero attached hydrogens (tertiary/aromatic N) is 5. The van der Waals surface area contributed by atoms with Crippen molar-refractivity contribution in [2.75, 3.05) is 32.2 Å². The number of carbonyl (C=O) groups is 2. The first-order valence-corrected chi connectivity index (χ1v) is 14.1. The number of aryl methyl sites for hydroxylation is 1. The standard InChI is InChI=1S/C31H37N7O4/c1-20-25(17-22-9-6-5-7-10-22)30(38-31(34-20)32-19-33-38)37-15-13-24(14-16-37)36-29(40)26(35-21(2)39)18-23-11-8-12-27(41-3)28(23)42-4/h5-12,19,24,26H,13-18H2,1-4H3,(H,35,39)(H,36,40)/t26-/m0/s1. The third-order valence-electron chi connectivity index (χ3n) is 7.67. The second-order valence-corrected chi connectivity index (χ2v) is 10.5. The Labute approximate surface area is 245 Å². The third-order valence-corrected chi connectivity index (χ3v) is 7.67. The molecule has 1 atom stereocenters. The van der Waals surface area contributed by atoms with E-state index in [1.54, 1.807) is 20.3 Å². The van der Waals surface area contributed by atoms with Gasteiger partial charge in [-0.3, -0.25) is 9.59 Å². The van der Waals surface area contributed by atoms with Crippen molar-refractivity contribution in [1.82, 2.24) is 30.2 Å². The van der Waals surface area contributed by atoms with Crippen molar-refractivity contribution >= 4 is 23.4 Å². The fourth-order valence-corrected chi connectivity index (χ4v) is 5.63. The molecule has 5 rings (SSSR count). The van der Waals surface area contributed by atoms with Crippen LogP contribution in [-0.2, 0) is 22.4 Å². The first-order chi connectivity index (χ1) is 20.4. The number of aromatic nitrogens is 4. The lowest BCUT2D eigenvalue weighted by Gasteiger charge is -2.35. The second-order valence-electron chi connectivity index (χ2n) is 10.5. The molecule has 0 spiro atoms. The number of benzene rings is 2. The van der Waals surface area contributed by atoms with E-state index in [0.717, 1.165) is 55.0 Å². The van der Waals surface area contributed by atoms with E-state index in [-0.39, 0.29) is 24.3 Å². The van der Waals surface area contributed by atoms with E-state index in [4.69, 9.17) is 14.5 Å². The molecule has 11 nitrogen and oxygen atoms in total. The number of anilines is 1. The Bertz CT molecular complexity index is 1550. The predicted octanol–water partition coefficient (Wildman–Crippen LogP) is 2.87. The van der Waals surface area contributed by atoms with Gasteiger partial charge in [0.15, 0.2) is 11.5 Å². The third kappa shape index (κ3) is 6.29. The van der Waals surface area contributed by atoms with Crippen molar-refractivity contribution in [2.24, 2.45) is 0 Å². The summed E-state index contributed by atoms with van der Waals surface area (Å²) in [6.45, 7) is 4.87. The Kier molecular flexibility index (Phi) is 8.85. The van der Waals surface area contributed by atoms with Crippen LogP contribution >= 0.6 is 0 Å². The number of rotatable bonds is 10. The molecule has 42 heavy (non-hydrogen) atoms. The summed E-state index contributed by atoms with van der Waals surface area (Å²) in [5.41, 5.74) is 4.01. The first kappa shape index (κ1) is 28.8. The summed E-state index contributed by atoms with van der Waals surface area (Å²) >= 11 is 0. The van der Waals surface area contributed by atoms with Gasteiger partial charge in [0.1, 0.15) is 18.2 Å². The maximum atomic E-state index is 13.5. The maximum absolute atomic E-state index is 13.5. The average Bonchev–Trinajstić information content (AvgIpc) is 3.45. The number of ether oxygens (including phenoxy) is 2. The van der Waals surface area contributed by atoms with E-state index < -0.39 is 6.04 Å². The number of hydrogen-bond donors (Lipinski definition) is 2. The van der Waals surface area contributed by atoms with Crippen LogP contribution < -0.4 is 25.0 Å². The Balaban J connectivity index is 1.30. The van der Waals surface area contributed by atoms with E-state index in [9.17, 15) is 9.59 Å². The Morgan fingerprint density at radius 2 is 1.81 bits per heavy atom. The molecule has 11 heteroatoms. The molecule has 0 aliphatic carbocycles. The van der Waals surface area contributed by atoms with Crippen LogP contribution in [0.5, 0.6) is 11.5 Å². The molecule has 2 aromatic heterocycles. The molecule has 0 radical (unpaired) electrons. The zero-order chi connectivity index (χ0) is 29.6. The molecule has 3 heterocycles. The predicted molar refractivity (Wildman–Crippen MR) is 159 cm³/mol. The van der Waals surface area contributed by atoms with Crippen molar-refractivity contribution in [1.29, 1.82) is 0 Å². The molecule has 220 valence electrons. The number of amides is 2. The van der Waals surface area contributed by atoms with E-state index in [1.807, 2.05) is 41.8 Å².